The van der Waals surface area contributed by atoms with Gasteiger partial charge in [-0.05, 0) is 92.6 Å². The monoisotopic (exact) mass is 576 g/mol. The smallest absolute Gasteiger partial charge is 0.225 e. The number of aromatic nitrogens is 2. The summed E-state index contributed by atoms with van der Waals surface area (Å²) in [6.07, 6.45) is 5.70. The summed E-state index contributed by atoms with van der Waals surface area (Å²) < 4.78 is 0. The lowest BCUT2D eigenvalue weighted by atomic mass is 9.86. The second-order valence-corrected chi connectivity index (χ2v) is 11.7. The van der Waals surface area contributed by atoms with Gasteiger partial charge in [0.05, 0.1) is 16.2 Å². The molecular formula is C32H38Cl2N6. The number of fused-ring (bicyclic) bond motifs is 1. The Bertz CT molecular complexity index is 1420. The van der Waals surface area contributed by atoms with Crippen LogP contribution in [0.1, 0.15) is 36.8 Å². The highest BCUT2D eigenvalue weighted by Crippen LogP contribution is 2.29. The molecule has 1 aliphatic carbocycles. The molecule has 1 aliphatic rings. The van der Waals surface area contributed by atoms with Crippen LogP contribution in [0.3, 0.4) is 0 Å². The van der Waals surface area contributed by atoms with E-state index in [9.17, 15) is 0 Å². The Morgan fingerprint density at radius 2 is 1.62 bits per heavy atom. The van der Waals surface area contributed by atoms with Crippen molar-refractivity contribution < 1.29 is 0 Å². The standard InChI is InChI=1S/C32H38Cl2N6/c1-40(2)31-27-9-5-6-10-29(27)38-32(39-31)37-26-14-11-22(12-15-26)20-35-18-17-23-7-3-4-8-24(23)21-36-30-16-13-25(33)19-28(30)34/h3-10,13,16,19,22,26,35-36H,11-12,14-15,17-18,20-21H2,1-2H3,(H,37,38,39)/t22-,26+. The maximum atomic E-state index is 6.33. The van der Waals surface area contributed by atoms with Gasteiger partial charge in [0.1, 0.15) is 5.82 Å². The number of anilines is 3. The molecule has 6 nitrogen and oxygen atoms in total. The normalized spacial score (nSPS) is 17.1. The van der Waals surface area contributed by atoms with Crippen LogP contribution in [-0.2, 0) is 13.0 Å². The highest BCUT2D eigenvalue weighted by molar-refractivity contribution is 6.36. The molecule has 0 radical (unpaired) electrons. The summed E-state index contributed by atoms with van der Waals surface area (Å²) in [5.74, 6) is 2.39. The first kappa shape index (κ1) is 28.5. The van der Waals surface area contributed by atoms with Gasteiger partial charge in [0, 0.05) is 37.1 Å². The van der Waals surface area contributed by atoms with Crippen molar-refractivity contribution in [1.82, 2.24) is 15.3 Å². The molecule has 1 saturated carbocycles. The van der Waals surface area contributed by atoms with Crippen molar-refractivity contribution >= 4 is 51.6 Å². The van der Waals surface area contributed by atoms with Crippen molar-refractivity contribution in [1.29, 1.82) is 0 Å². The van der Waals surface area contributed by atoms with Crippen LogP contribution in [-0.4, -0.2) is 43.2 Å². The van der Waals surface area contributed by atoms with Crippen LogP contribution in [0.25, 0.3) is 10.9 Å². The number of nitrogens with one attached hydrogen (secondary N) is 3. The van der Waals surface area contributed by atoms with E-state index in [1.54, 1.807) is 6.07 Å². The average molecular weight is 578 g/mol. The van der Waals surface area contributed by atoms with Crippen LogP contribution in [0.5, 0.6) is 0 Å². The molecule has 0 spiro atoms. The third-order valence-corrected chi connectivity index (χ3v) is 8.26. The first-order chi connectivity index (χ1) is 19.5. The molecule has 210 valence electrons. The molecule has 5 rings (SSSR count). The molecule has 1 fully saturated rings. The topological polar surface area (TPSA) is 65.1 Å². The first-order valence-electron chi connectivity index (χ1n) is 14.1. The molecule has 8 heteroatoms. The van der Waals surface area contributed by atoms with E-state index in [-0.39, 0.29) is 0 Å². The molecule has 3 aromatic carbocycles. The molecule has 40 heavy (non-hydrogen) atoms. The van der Waals surface area contributed by atoms with Crippen LogP contribution in [0.15, 0.2) is 66.7 Å². The Hall–Kier alpha value is -3.06. The SMILES string of the molecule is CN(C)c1nc(N[C@H]2CC[C@@H](CNCCc3ccccc3CNc3ccc(Cl)cc3Cl)CC2)nc2ccccc12. The Morgan fingerprint density at radius 1 is 0.875 bits per heavy atom. The van der Waals surface area contributed by atoms with Crippen molar-refractivity contribution in [2.75, 3.05) is 42.7 Å². The van der Waals surface area contributed by atoms with Gasteiger partial charge in [-0.25, -0.2) is 4.98 Å². The zero-order valence-electron chi connectivity index (χ0n) is 23.3. The van der Waals surface area contributed by atoms with E-state index in [2.05, 4.69) is 57.2 Å². The van der Waals surface area contributed by atoms with Gasteiger partial charge < -0.3 is 20.9 Å². The lowest BCUT2D eigenvalue weighted by Crippen LogP contribution is -2.32. The number of rotatable bonds is 11. The molecule has 1 heterocycles. The number of hydrogen-bond donors (Lipinski definition) is 3. The van der Waals surface area contributed by atoms with E-state index in [1.807, 2.05) is 38.4 Å². The van der Waals surface area contributed by atoms with Gasteiger partial charge in [0.25, 0.3) is 0 Å². The Kier molecular flexibility index (Phi) is 9.63. The minimum Gasteiger partial charge on any atom is -0.380 e. The van der Waals surface area contributed by atoms with Gasteiger partial charge in [-0.15, -0.1) is 0 Å². The average Bonchev–Trinajstić information content (AvgIpc) is 2.96. The highest BCUT2D eigenvalue weighted by atomic mass is 35.5. The third-order valence-electron chi connectivity index (χ3n) is 7.71. The van der Waals surface area contributed by atoms with Gasteiger partial charge in [0.2, 0.25) is 5.95 Å². The predicted octanol–water partition coefficient (Wildman–Crippen LogP) is 7.42. The number of para-hydroxylation sites is 1. The van der Waals surface area contributed by atoms with Gasteiger partial charge in [0.15, 0.2) is 0 Å². The zero-order valence-corrected chi connectivity index (χ0v) is 24.8. The second-order valence-electron chi connectivity index (χ2n) is 10.8. The molecular weight excluding hydrogens is 539 g/mol. The molecule has 1 aromatic heterocycles. The molecule has 0 unspecified atom stereocenters. The van der Waals surface area contributed by atoms with Crippen LogP contribution < -0.4 is 20.9 Å². The van der Waals surface area contributed by atoms with E-state index in [0.717, 1.165) is 67.3 Å². The summed E-state index contributed by atoms with van der Waals surface area (Å²) in [5, 5.41) is 13.2. The summed E-state index contributed by atoms with van der Waals surface area (Å²) >= 11 is 12.4. The van der Waals surface area contributed by atoms with Crippen molar-refractivity contribution in [3.63, 3.8) is 0 Å². The zero-order chi connectivity index (χ0) is 27.9. The second kappa shape index (κ2) is 13.5. The van der Waals surface area contributed by atoms with Gasteiger partial charge in [-0.2, -0.15) is 4.98 Å². The molecule has 4 aromatic rings. The Balaban J connectivity index is 1.06. The molecule has 0 bridgehead atoms. The van der Waals surface area contributed by atoms with Crippen LogP contribution in [0, 0.1) is 5.92 Å². The summed E-state index contributed by atoms with van der Waals surface area (Å²) in [6.45, 7) is 2.76. The maximum absolute atomic E-state index is 6.33. The van der Waals surface area contributed by atoms with Crippen molar-refractivity contribution in [3.05, 3.63) is 87.9 Å². The molecule has 0 amide bonds. The lowest BCUT2D eigenvalue weighted by molar-refractivity contribution is 0.325. The van der Waals surface area contributed by atoms with Crippen LogP contribution in [0.2, 0.25) is 10.0 Å². The Morgan fingerprint density at radius 3 is 2.40 bits per heavy atom. The van der Waals surface area contributed by atoms with Gasteiger partial charge >= 0.3 is 0 Å². The van der Waals surface area contributed by atoms with E-state index >= 15 is 0 Å². The predicted molar refractivity (Wildman–Crippen MR) is 170 cm³/mol. The van der Waals surface area contributed by atoms with E-state index in [1.165, 1.54) is 24.0 Å². The van der Waals surface area contributed by atoms with Gasteiger partial charge in [-0.1, -0.05) is 59.6 Å². The summed E-state index contributed by atoms with van der Waals surface area (Å²) in [7, 11) is 4.06. The highest BCUT2D eigenvalue weighted by Gasteiger charge is 2.22. The van der Waals surface area contributed by atoms with Crippen LogP contribution >= 0.6 is 23.2 Å². The summed E-state index contributed by atoms with van der Waals surface area (Å²) in [6, 6.07) is 22.8. The molecule has 0 aliphatic heterocycles. The maximum Gasteiger partial charge on any atom is 0.225 e. The van der Waals surface area contributed by atoms with E-state index in [0.29, 0.717) is 22.0 Å². The molecule has 0 saturated heterocycles. The fourth-order valence-corrected chi connectivity index (χ4v) is 5.96. The number of hydrogen-bond acceptors (Lipinski definition) is 6. The van der Waals surface area contributed by atoms with E-state index < -0.39 is 0 Å². The quantitative estimate of drug-likeness (QED) is 0.161. The fraction of sp³-hybridized carbons (Fsp3) is 0.375. The van der Waals surface area contributed by atoms with E-state index in [4.69, 9.17) is 33.2 Å². The minimum absolute atomic E-state index is 0.418. The molecule has 0 atom stereocenters. The van der Waals surface area contributed by atoms with Crippen molar-refractivity contribution in [2.24, 2.45) is 5.92 Å². The van der Waals surface area contributed by atoms with Gasteiger partial charge in [-0.3, -0.25) is 0 Å². The molecule has 3 N–H and O–H groups in total. The third kappa shape index (κ3) is 7.36. The number of halogens is 2. The lowest BCUT2D eigenvalue weighted by Gasteiger charge is -2.29. The number of nitrogens with zero attached hydrogens (tertiary/aromatic N) is 3. The Labute approximate surface area is 247 Å². The minimum atomic E-state index is 0.418. The largest absolute Gasteiger partial charge is 0.380 e. The number of benzene rings is 3. The summed E-state index contributed by atoms with van der Waals surface area (Å²) in [5.41, 5.74) is 4.52. The first-order valence-corrected chi connectivity index (χ1v) is 14.9. The van der Waals surface area contributed by atoms with Crippen molar-refractivity contribution in [2.45, 2.75) is 44.7 Å². The van der Waals surface area contributed by atoms with Crippen LogP contribution in [0.4, 0.5) is 17.5 Å². The summed E-state index contributed by atoms with van der Waals surface area (Å²) in [4.78, 5) is 11.7. The van der Waals surface area contributed by atoms with Crippen molar-refractivity contribution in [3.8, 4) is 0 Å². The fourth-order valence-electron chi connectivity index (χ4n) is 5.49.